The zero-order valence-corrected chi connectivity index (χ0v) is 11.3. The fourth-order valence-electron chi connectivity index (χ4n) is 2.73. The van der Waals surface area contributed by atoms with Gasteiger partial charge < -0.3 is 11.1 Å². The molecular weight excluding hydrogens is 248 g/mol. The molecule has 0 saturated carbocycles. The van der Waals surface area contributed by atoms with E-state index in [0.29, 0.717) is 13.1 Å². The third kappa shape index (κ3) is 2.32. The highest BCUT2D eigenvalue weighted by molar-refractivity contribution is 5.86. The van der Waals surface area contributed by atoms with Crippen LogP contribution in [-0.2, 0) is 24.3 Å². The molecule has 0 heterocycles. The maximum absolute atomic E-state index is 12.2. The van der Waals surface area contributed by atoms with Gasteiger partial charge in [0.15, 0.2) is 0 Å². The third-order valence-corrected chi connectivity index (χ3v) is 3.96. The Balaban J connectivity index is 1.64. The molecular formula is C17H18N2O. The van der Waals surface area contributed by atoms with Gasteiger partial charge in [-0.1, -0.05) is 48.5 Å². The van der Waals surface area contributed by atoms with Gasteiger partial charge in [-0.15, -0.1) is 0 Å². The van der Waals surface area contributed by atoms with Crippen LogP contribution >= 0.6 is 0 Å². The van der Waals surface area contributed by atoms with Gasteiger partial charge in [0.05, 0.1) is 5.92 Å². The Morgan fingerprint density at radius 1 is 1.10 bits per heavy atom. The van der Waals surface area contributed by atoms with Crippen molar-refractivity contribution in [3.63, 3.8) is 0 Å². The molecule has 0 aliphatic heterocycles. The number of hydrogen-bond acceptors (Lipinski definition) is 2. The highest BCUT2D eigenvalue weighted by Gasteiger charge is 2.31. The normalized spacial score (nSPS) is 16.1. The summed E-state index contributed by atoms with van der Waals surface area (Å²) in [5.74, 6) is 0.117. The van der Waals surface area contributed by atoms with Crippen molar-refractivity contribution in [2.45, 2.75) is 25.4 Å². The van der Waals surface area contributed by atoms with E-state index in [4.69, 9.17) is 5.73 Å². The van der Waals surface area contributed by atoms with Crippen molar-refractivity contribution in [2.75, 3.05) is 0 Å². The number of nitrogens with one attached hydrogen (secondary N) is 1. The van der Waals surface area contributed by atoms with E-state index in [2.05, 4.69) is 11.4 Å². The second-order valence-electron chi connectivity index (χ2n) is 5.15. The SMILES string of the molecule is NCc1ccccc1CNC(=O)C1Cc2ccccc21. The fourth-order valence-corrected chi connectivity index (χ4v) is 2.73. The van der Waals surface area contributed by atoms with E-state index in [1.807, 2.05) is 42.5 Å². The van der Waals surface area contributed by atoms with Crippen LogP contribution in [0.4, 0.5) is 0 Å². The Labute approximate surface area is 118 Å². The van der Waals surface area contributed by atoms with Gasteiger partial charge >= 0.3 is 0 Å². The first kappa shape index (κ1) is 12.9. The maximum atomic E-state index is 12.2. The summed E-state index contributed by atoms with van der Waals surface area (Å²) >= 11 is 0. The molecule has 2 aromatic carbocycles. The Morgan fingerprint density at radius 2 is 1.80 bits per heavy atom. The van der Waals surface area contributed by atoms with Crippen molar-refractivity contribution >= 4 is 5.91 Å². The van der Waals surface area contributed by atoms with Gasteiger partial charge in [-0.2, -0.15) is 0 Å². The molecule has 102 valence electrons. The van der Waals surface area contributed by atoms with E-state index >= 15 is 0 Å². The summed E-state index contributed by atoms with van der Waals surface area (Å²) in [7, 11) is 0. The minimum absolute atomic E-state index is 0.0104. The molecule has 1 amide bonds. The summed E-state index contributed by atoms with van der Waals surface area (Å²) in [6.07, 6.45) is 0.848. The average molecular weight is 266 g/mol. The molecule has 3 heteroatoms. The van der Waals surface area contributed by atoms with Crippen LogP contribution < -0.4 is 11.1 Å². The van der Waals surface area contributed by atoms with Crippen LogP contribution in [0.3, 0.4) is 0 Å². The molecule has 2 aromatic rings. The smallest absolute Gasteiger partial charge is 0.228 e. The van der Waals surface area contributed by atoms with Crippen molar-refractivity contribution in [3.8, 4) is 0 Å². The predicted molar refractivity (Wildman–Crippen MR) is 79.1 cm³/mol. The first-order valence-corrected chi connectivity index (χ1v) is 6.92. The van der Waals surface area contributed by atoms with Gasteiger partial charge in [-0.05, 0) is 28.7 Å². The maximum Gasteiger partial charge on any atom is 0.228 e. The summed E-state index contributed by atoms with van der Waals surface area (Å²) in [6, 6.07) is 16.1. The van der Waals surface area contributed by atoms with E-state index in [-0.39, 0.29) is 11.8 Å². The summed E-state index contributed by atoms with van der Waals surface area (Å²) in [4.78, 5) is 12.2. The van der Waals surface area contributed by atoms with Crippen molar-refractivity contribution in [2.24, 2.45) is 5.73 Å². The summed E-state index contributed by atoms with van der Waals surface area (Å²) in [5, 5.41) is 3.02. The number of hydrogen-bond donors (Lipinski definition) is 2. The molecule has 20 heavy (non-hydrogen) atoms. The molecule has 3 nitrogen and oxygen atoms in total. The van der Waals surface area contributed by atoms with Gasteiger partial charge in [0, 0.05) is 13.1 Å². The quantitative estimate of drug-likeness (QED) is 0.890. The first-order chi connectivity index (χ1) is 9.79. The number of rotatable bonds is 4. The van der Waals surface area contributed by atoms with Crippen LogP contribution in [0.15, 0.2) is 48.5 Å². The lowest BCUT2D eigenvalue weighted by Gasteiger charge is -2.29. The van der Waals surface area contributed by atoms with Gasteiger partial charge in [0.25, 0.3) is 0 Å². The van der Waals surface area contributed by atoms with Gasteiger partial charge in [0.1, 0.15) is 0 Å². The van der Waals surface area contributed by atoms with Crippen molar-refractivity contribution < 1.29 is 4.79 Å². The number of carbonyl (C=O) groups is 1. The molecule has 3 rings (SSSR count). The van der Waals surface area contributed by atoms with Crippen molar-refractivity contribution in [1.29, 1.82) is 0 Å². The van der Waals surface area contributed by atoms with Crippen LogP contribution in [0.1, 0.15) is 28.2 Å². The zero-order valence-electron chi connectivity index (χ0n) is 11.3. The number of carbonyl (C=O) groups excluding carboxylic acids is 1. The molecule has 1 aliphatic carbocycles. The standard InChI is InChI=1S/C17H18N2O/c18-10-13-6-1-2-7-14(13)11-19-17(20)16-9-12-5-3-4-8-15(12)16/h1-8,16H,9-11,18H2,(H,19,20). The van der Waals surface area contributed by atoms with Gasteiger partial charge in [-0.25, -0.2) is 0 Å². The molecule has 0 spiro atoms. The highest BCUT2D eigenvalue weighted by atomic mass is 16.1. The second kappa shape index (κ2) is 5.47. The minimum Gasteiger partial charge on any atom is -0.351 e. The lowest BCUT2D eigenvalue weighted by molar-refractivity contribution is -0.123. The summed E-state index contributed by atoms with van der Waals surface area (Å²) in [5.41, 5.74) is 10.3. The van der Waals surface area contributed by atoms with Gasteiger partial charge in [-0.3, -0.25) is 4.79 Å². The second-order valence-corrected chi connectivity index (χ2v) is 5.15. The summed E-state index contributed by atoms with van der Waals surface area (Å²) in [6.45, 7) is 1.04. The van der Waals surface area contributed by atoms with Crippen LogP contribution in [0, 0.1) is 0 Å². The van der Waals surface area contributed by atoms with Gasteiger partial charge in [0.2, 0.25) is 5.91 Å². The summed E-state index contributed by atoms with van der Waals surface area (Å²) < 4.78 is 0. The number of nitrogens with two attached hydrogens (primary N) is 1. The van der Waals surface area contributed by atoms with E-state index in [1.165, 1.54) is 5.56 Å². The van der Waals surface area contributed by atoms with E-state index in [0.717, 1.165) is 23.1 Å². The van der Waals surface area contributed by atoms with Crippen LogP contribution in [-0.4, -0.2) is 5.91 Å². The first-order valence-electron chi connectivity index (χ1n) is 6.92. The average Bonchev–Trinajstić information content (AvgIpc) is 2.46. The molecule has 1 aliphatic rings. The number of amides is 1. The largest absolute Gasteiger partial charge is 0.351 e. The number of benzene rings is 2. The molecule has 0 saturated heterocycles. The van der Waals surface area contributed by atoms with E-state index in [9.17, 15) is 4.79 Å². The molecule has 0 radical (unpaired) electrons. The van der Waals surface area contributed by atoms with E-state index in [1.54, 1.807) is 0 Å². The van der Waals surface area contributed by atoms with E-state index < -0.39 is 0 Å². The van der Waals surface area contributed by atoms with Crippen molar-refractivity contribution in [1.82, 2.24) is 5.32 Å². The molecule has 0 fully saturated rings. The molecule has 0 aromatic heterocycles. The molecule has 0 bridgehead atoms. The molecule has 1 unspecified atom stereocenters. The third-order valence-electron chi connectivity index (χ3n) is 3.96. The minimum atomic E-state index is 0.0104. The lowest BCUT2D eigenvalue weighted by Crippen LogP contribution is -2.35. The number of fused-ring (bicyclic) bond motifs is 1. The topological polar surface area (TPSA) is 55.1 Å². The predicted octanol–water partition coefficient (Wildman–Crippen LogP) is 2.10. The fraction of sp³-hybridized carbons (Fsp3) is 0.235. The van der Waals surface area contributed by atoms with Crippen molar-refractivity contribution in [3.05, 3.63) is 70.8 Å². The van der Waals surface area contributed by atoms with Crippen LogP contribution in [0.25, 0.3) is 0 Å². The Hall–Kier alpha value is -2.13. The van der Waals surface area contributed by atoms with Crippen LogP contribution in [0.2, 0.25) is 0 Å². The Bertz CT molecular complexity index is 636. The zero-order chi connectivity index (χ0) is 13.9. The monoisotopic (exact) mass is 266 g/mol. The van der Waals surface area contributed by atoms with Crippen LogP contribution in [0.5, 0.6) is 0 Å². The molecule has 3 N–H and O–H groups in total. The Morgan fingerprint density at radius 3 is 2.55 bits per heavy atom. The molecule has 1 atom stereocenters. The highest BCUT2D eigenvalue weighted by Crippen LogP contribution is 2.34. The lowest BCUT2D eigenvalue weighted by atomic mass is 9.77. The Kier molecular flexibility index (Phi) is 3.52.